The van der Waals surface area contributed by atoms with Crippen LogP contribution in [-0.4, -0.2) is 6.67 Å². The Balaban J connectivity index is 2.66. The van der Waals surface area contributed by atoms with E-state index in [4.69, 9.17) is 0 Å². The Bertz CT molecular complexity index is 42.8. The molecule has 0 saturated carbocycles. The molecular weight excluding hydrogens is 147 g/mol. The first-order chi connectivity index (χ1) is 2.91. The zero-order chi connectivity index (χ0) is 4.83. The van der Waals surface area contributed by atoms with Crippen LogP contribution in [0.1, 0.15) is 6.42 Å². The Morgan fingerprint density at radius 3 is 2.50 bits per heavy atom. The highest BCUT2D eigenvalue weighted by molar-refractivity contribution is 9.11. The van der Waals surface area contributed by atoms with Gasteiger partial charge in [0.25, 0.3) is 0 Å². The average molecular weight is 153 g/mol. The molecule has 0 aliphatic heterocycles. The molecule has 0 unspecified atom stereocenters. The fourth-order valence-electron chi connectivity index (χ4n) is 0.126. The van der Waals surface area contributed by atoms with E-state index in [1.165, 1.54) is 0 Å². The van der Waals surface area contributed by atoms with E-state index in [0.29, 0.717) is 6.42 Å². The number of hydrogen-bond acceptors (Lipinski definition) is 0. The molecule has 0 aliphatic carbocycles. The van der Waals surface area contributed by atoms with Crippen molar-refractivity contribution in [3.05, 3.63) is 11.1 Å². The van der Waals surface area contributed by atoms with Gasteiger partial charge in [-0.1, -0.05) is 22.0 Å². The van der Waals surface area contributed by atoms with Gasteiger partial charge in [0.2, 0.25) is 0 Å². The van der Waals surface area contributed by atoms with Crippen molar-refractivity contribution in [3.63, 3.8) is 0 Å². The van der Waals surface area contributed by atoms with Crippen molar-refractivity contribution in [2.45, 2.75) is 6.42 Å². The maximum Gasteiger partial charge on any atom is 0.0929 e. The summed E-state index contributed by atoms with van der Waals surface area (Å²) >= 11 is 3.00. The van der Waals surface area contributed by atoms with E-state index in [-0.39, 0.29) is 6.67 Å². The SMILES string of the molecule is FCCC=CBr. The number of alkyl halides is 1. The second kappa shape index (κ2) is 5.15. The van der Waals surface area contributed by atoms with Gasteiger partial charge in [0, 0.05) is 0 Å². The monoisotopic (exact) mass is 152 g/mol. The van der Waals surface area contributed by atoms with Crippen LogP contribution in [0.3, 0.4) is 0 Å². The molecule has 0 rings (SSSR count). The van der Waals surface area contributed by atoms with Crippen LogP contribution in [0.2, 0.25) is 0 Å². The second-order valence-corrected chi connectivity index (χ2v) is 1.37. The predicted molar refractivity (Wildman–Crippen MR) is 28.7 cm³/mol. The molecule has 0 saturated heterocycles. The molecule has 0 spiro atoms. The summed E-state index contributed by atoms with van der Waals surface area (Å²) in [5, 5.41) is 0. The van der Waals surface area contributed by atoms with Crippen molar-refractivity contribution in [2.75, 3.05) is 6.67 Å². The standard InChI is InChI=1S/C4H6BrF/c5-3-1-2-4-6/h1,3H,2,4H2. The van der Waals surface area contributed by atoms with Crippen molar-refractivity contribution in [1.82, 2.24) is 0 Å². The number of allylic oxidation sites excluding steroid dienone is 1. The van der Waals surface area contributed by atoms with Gasteiger partial charge < -0.3 is 0 Å². The fourth-order valence-corrected chi connectivity index (χ4v) is 0.390. The van der Waals surface area contributed by atoms with Crippen molar-refractivity contribution < 1.29 is 4.39 Å². The second-order valence-electron chi connectivity index (χ2n) is 0.839. The Kier molecular flexibility index (Phi) is 5.28. The largest absolute Gasteiger partial charge is 0.251 e. The van der Waals surface area contributed by atoms with Gasteiger partial charge in [-0.05, 0) is 11.4 Å². The molecule has 2 heteroatoms. The molecule has 0 atom stereocenters. The Hall–Kier alpha value is 0.150. The number of halogens is 2. The topological polar surface area (TPSA) is 0 Å². The summed E-state index contributed by atoms with van der Waals surface area (Å²) in [6.45, 7) is -0.262. The first kappa shape index (κ1) is 6.15. The molecule has 0 N–H and O–H groups in total. The van der Waals surface area contributed by atoms with Gasteiger partial charge in [-0.3, -0.25) is 4.39 Å². The first-order valence-corrected chi connectivity index (χ1v) is 2.64. The highest BCUT2D eigenvalue weighted by atomic mass is 79.9. The van der Waals surface area contributed by atoms with E-state index in [9.17, 15) is 4.39 Å². The lowest BCUT2D eigenvalue weighted by Gasteiger charge is -1.72. The zero-order valence-electron chi connectivity index (χ0n) is 3.32. The summed E-state index contributed by atoms with van der Waals surface area (Å²) in [6, 6.07) is 0. The quantitative estimate of drug-likeness (QED) is 0.570. The fraction of sp³-hybridized carbons (Fsp3) is 0.500. The van der Waals surface area contributed by atoms with Crippen LogP contribution in [0, 0.1) is 0 Å². The maximum absolute atomic E-state index is 11.1. The van der Waals surface area contributed by atoms with Gasteiger partial charge in [-0.15, -0.1) is 0 Å². The molecule has 0 radical (unpaired) electrons. The van der Waals surface area contributed by atoms with Crippen LogP contribution in [0.5, 0.6) is 0 Å². The average Bonchev–Trinajstić information content (AvgIpc) is 1.61. The molecule has 0 amide bonds. The van der Waals surface area contributed by atoms with Crippen molar-refractivity contribution >= 4 is 15.9 Å². The van der Waals surface area contributed by atoms with Crippen LogP contribution >= 0.6 is 15.9 Å². The van der Waals surface area contributed by atoms with Crippen LogP contribution in [-0.2, 0) is 0 Å². The van der Waals surface area contributed by atoms with E-state index in [1.807, 2.05) is 0 Å². The van der Waals surface area contributed by atoms with Crippen molar-refractivity contribution in [1.29, 1.82) is 0 Å². The van der Waals surface area contributed by atoms with Crippen LogP contribution in [0.4, 0.5) is 4.39 Å². The van der Waals surface area contributed by atoms with E-state index in [1.54, 1.807) is 11.1 Å². The molecule has 0 aromatic carbocycles. The van der Waals surface area contributed by atoms with E-state index in [0.717, 1.165) is 0 Å². The van der Waals surface area contributed by atoms with Gasteiger partial charge in [0.15, 0.2) is 0 Å². The van der Waals surface area contributed by atoms with Crippen LogP contribution < -0.4 is 0 Å². The molecular formula is C4H6BrF. The third-order valence-corrected chi connectivity index (χ3v) is 0.739. The molecule has 0 heterocycles. The van der Waals surface area contributed by atoms with Gasteiger partial charge in [-0.25, -0.2) is 0 Å². The van der Waals surface area contributed by atoms with E-state index < -0.39 is 0 Å². The molecule has 0 nitrogen and oxygen atoms in total. The molecule has 0 aliphatic rings. The van der Waals surface area contributed by atoms with Crippen LogP contribution in [0.25, 0.3) is 0 Å². The van der Waals surface area contributed by atoms with Gasteiger partial charge in [-0.2, -0.15) is 0 Å². The highest BCUT2D eigenvalue weighted by Gasteiger charge is 1.69. The first-order valence-electron chi connectivity index (χ1n) is 1.73. The van der Waals surface area contributed by atoms with Crippen molar-refractivity contribution in [2.24, 2.45) is 0 Å². The van der Waals surface area contributed by atoms with Crippen LogP contribution in [0.15, 0.2) is 11.1 Å². The Labute approximate surface area is 45.2 Å². The lowest BCUT2D eigenvalue weighted by atomic mass is 10.5. The summed E-state index contributed by atoms with van der Waals surface area (Å²) in [4.78, 5) is 1.66. The molecule has 0 aromatic heterocycles. The summed E-state index contributed by atoms with van der Waals surface area (Å²) in [6.07, 6.45) is 2.24. The minimum Gasteiger partial charge on any atom is -0.251 e. The zero-order valence-corrected chi connectivity index (χ0v) is 4.91. The number of rotatable bonds is 2. The summed E-state index contributed by atoms with van der Waals surface area (Å²) in [7, 11) is 0. The molecule has 6 heavy (non-hydrogen) atoms. The van der Waals surface area contributed by atoms with Gasteiger partial charge >= 0.3 is 0 Å². The molecule has 36 valence electrons. The molecule has 0 aromatic rings. The predicted octanol–water partition coefficient (Wildman–Crippen LogP) is 2.25. The van der Waals surface area contributed by atoms with Gasteiger partial charge in [0.1, 0.15) is 0 Å². The Morgan fingerprint density at radius 1 is 1.67 bits per heavy atom. The number of hydrogen-bond donors (Lipinski definition) is 0. The minimum atomic E-state index is -0.262. The summed E-state index contributed by atoms with van der Waals surface area (Å²) in [5.41, 5.74) is 0. The third kappa shape index (κ3) is 4.15. The molecule has 0 fully saturated rings. The minimum absolute atomic E-state index is 0.262. The molecule has 0 bridgehead atoms. The lowest BCUT2D eigenvalue weighted by molar-refractivity contribution is 0.501. The third-order valence-electron chi connectivity index (χ3n) is 0.365. The van der Waals surface area contributed by atoms with Crippen molar-refractivity contribution in [3.8, 4) is 0 Å². The van der Waals surface area contributed by atoms with Gasteiger partial charge in [0.05, 0.1) is 6.67 Å². The summed E-state index contributed by atoms with van der Waals surface area (Å²) in [5.74, 6) is 0. The maximum atomic E-state index is 11.1. The normalized spacial score (nSPS) is 10.3. The van der Waals surface area contributed by atoms with E-state index >= 15 is 0 Å². The van der Waals surface area contributed by atoms with E-state index in [2.05, 4.69) is 15.9 Å². The Morgan fingerprint density at radius 2 is 2.33 bits per heavy atom. The lowest BCUT2D eigenvalue weighted by Crippen LogP contribution is -1.63. The summed E-state index contributed by atoms with van der Waals surface area (Å²) < 4.78 is 11.1. The smallest absolute Gasteiger partial charge is 0.0929 e. The highest BCUT2D eigenvalue weighted by Crippen LogP contribution is 1.86.